The van der Waals surface area contributed by atoms with E-state index in [1.807, 2.05) is 36.5 Å². The van der Waals surface area contributed by atoms with E-state index < -0.39 is 5.97 Å². The maximum Gasteiger partial charge on any atom is 0.325 e. The van der Waals surface area contributed by atoms with E-state index >= 15 is 0 Å². The molecule has 1 N–H and O–H groups in total. The lowest BCUT2D eigenvalue weighted by Crippen LogP contribution is -2.30. The van der Waals surface area contributed by atoms with Crippen LogP contribution in [0.2, 0.25) is 0 Å². The fourth-order valence-electron chi connectivity index (χ4n) is 2.03. The first-order valence-corrected chi connectivity index (χ1v) is 8.16. The highest BCUT2D eigenvalue weighted by Gasteiger charge is 2.09. The largest absolute Gasteiger partial charge is 0.460 e. The van der Waals surface area contributed by atoms with Gasteiger partial charge in [0.05, 0.1) is 10.6 Å². The van der Waals surface area contributed by atoms with Crippen molar-refractivity contribution in [3.8, 4) is 5.69 Å². The van der Waals surface area contributed by atoms with E-state index in [-0.39, 0.29) is 19.1 Å². The van der Waals surface area contributed by atoms with Gasteiger partial charge in [0.1, 0.15) is 13.2 Å². The van der Waals surface area contributed by atoms with E-state index in [9.17, 15) is 9.59 Å². The van der Waals surface area contributed by atoms with Gasteiger partial charge < -0.3 is 10.1 Å². The number of esters is 1. The number of carbonyl (C=O) groups is 2. The second-order valence-electron chi connectivity index (χ2n) is 4.94. The van der Waals surface area contributed by atoms with E-state index in [0.29, 0.717) is 4.88 Å². The summed E-state index contributed by atoms with van der Waals surface area (Å²) in [6.07, 6.45) is 3.56. The predicted octanol–water partition coefficient (Wildman–Crippen LogP) is 2.41. The van der Waals surface area contributed by atoms with E-state index in [1.165, 1.54) is 11.3 Å². The minimum absolute atomic E-state index is 0.151. The Kier molecular flexibility index (Phi) is 5.02. The van der Waals surface area contributed by atoms with Crippen molar-refractivity contribution in [3.63, 3.8) is 0 Å². The van der Waals surface area contributed by atoms with Crippen LogP contribution in [0.1, 0.15) is 15.2 Å². The zero-order chi connectivity index (χ0) is 16.8. The molecule has 2 aromatic heterocycles. The highest BCUT2D eigenvalue weighted by atomic mass is 32.1. The third-order valence-electron chi connectivity index (χ3n) is 3.24. The van der Waals surface area contributed by atoms with Crippen molar-refractivity contribution in [2.45, 2.75) is 6.61 Å². The number of nitrogens with one attached hydrogen (secondary N) is 1. The Morgan fingerprint density at radius 3 is 2.67 bits per heavy atom. The van der Waals surface area contributed by atoms with Crippen LogP contribution in [0.4, 0.5) is 0 Å². The molecule has 0 saturated heterocycles. The molecule has 3 rings (SSSR count). The van der Waals surface area contributed by atoms with Crippen LogP contribution in [0.5, 0.6) is 0 Å². The molecule has 0 saturated carbocycles. The number of hydrogen-bond donors (Lipinski definition) is 1. The average molecular weight is 341 g/mol. The number of nitrogens with zero attached hydrogens (tertiary/aromatic N) is 2. The Balaban J connectivity index is 1.45. The van der Waals surface area contributed by atoms with Gasteiger partial charge in [0.2, 0.25) is 0 Å². The van der Waals surface area contributed by atoms with Crippen LogP contribution in [0.25, 0.3) is 5.69 Å². The zero-order valence-corrected chi connectivity index (χ0v) is 13.5. The summed E-state index contributed by atoms with van der Waals surface area (Å²) in [5.74, 6) is -0.749. The van der Waals surface area contributed by atoms with Crippen LogP contribution >= 0.6 is 11.3 Å². The van der Waals surface area contributed by atoms with Crippen molar-refractivity contribution in [2.24, 2.45) is 0 Å². The first kappa shape index (κ1) is 15.9. The van der Waals surface area contributed by atoms with Gasteiger partial charge in [-0.25, -0.2) is 4.68 Å². The summed E-state index contributed by atoms with van der Waals surface area (Å²) >= 11 is 1.32. The molecule has 0 aliphatic heterocycles. The van der Waals surface area contributed by atoms with Crippen molar-refractivity contribution in [1.82, 2.24) is 15.1 Å². The number of ether oxygens (including phenoxy) is 1. The fraction of sp³-hybridized carbons (Fsp3) is 0.118. The summed E-state index contributed by atoms with van der Waals surface area (Å²) in [7, 11) is 0. The molecule has 2 heterocycles. The fourth-order valence-corrected chi connectivity index (χ4v) is 2.67. The number of amides is 1. The summed E-state index contributed by atoms with van der Waals surface area (Å²) < 4.78 is 6.90. The van der Waals surface area contributed by atoms with Gasteiger partial charge in [-0.15, -0.1) is 11.3 Å². The molecule has 0 bridgehead atoms. The Morgan fingerprint density at radius 1 is 1.17 bits per heavy atom. The van der Waals surface area contributed by atoms with Crippen LogP contribution in [-0.4, -0.2) is 28.2 Å². The minimum atomic E-state index is -0.476. The molecule has 1 amide bonds. The molecule has 1 aromatic carbocycles. The van der Waals surface area contributed by atoms with Gasteiger partial charge in [-0.2, -0.15) is 5.10 Å². The molecule has 0 atom stereocenters. The summed E-state index contributed by atoms with van der Waals surface area (Å²) in [5, 5.41) is 8.48. The first-order valence-electron chi connectivity index (χ1n) is 7.28. The molecule has 6 nitrogen and oxygen atoms in total. The SMILES string of the molecule is O=C(CNC(=O)c1cccs1)OCc1ccc(-n2cccn2)cc1. The molecule has 0 spiro atoms. The molecular weight excluding hydrogens is 326 g/mol. The number of benzene rings is 1. The van der Waals surface area contributed by atoms with E-state index in [4.69, 9.17) is 4.74 Å². The number of aromatic nitrogens is 2. The normalized spacial score (nSPS) is 10.3. The zero-order valence-electron chi connectivity index (χ0n) is 12.7. The van der Waals surface area contributed by atoms with Gasteiger partial charge in [-0.1, -0.05) is 18.2 Å². The Labute approximate surface area is 142 Å². The summed E-state index contributed by atoms with van der Waals surface area (Å²) in [6, 6.07) is 12.9. The van der Waals surface area contributed by atoms with E-state index in [2.05, 4.69) is 10.4 Å². The van der Waals surface area contributed by atoms with Gasteiger partial charge >= 0.3 is 5.97 Å². The lowest BCUT2D eigenvalue weighted by molar-refractivity contribution is -0.143. The lowest BCUT2D eigenvalue weighted by atomic mass is 10.2. The molecule has 7 heteroatoms. The van der Waals surface area contributed by atoms with Crippen molar-refractivity contribution in [2.75, 3.05) is 6.54 Å². The summed E-state index contributed by atoms with van der Waals surface area (Å²) in [6.45, 7) is 0.00912. The molecule has 0 aliphatic rings. The van der Waals surface area contributed by atoms with Gasteiger partial charge in [0.15, 0.2) is 0 Å². The van der Waals surface area contributed by atoms with E-state index in [0.717, 1.165) is 11.3 Å². The van der Waals surface area contributed by atoms with Crippen molar-refractivity contribution >= 4 is 23.2 Å². The van der Waals surface area contributed by atoms with Crippen molar-refractivity contribution in [3.05, 3.63) is 70.7 Å². The molecule has 122 valence electrons. The summed E-state index contributed by atoms with van der Waals surface area (Å²) in [4.78, 5) is 24.0. The third-order valence-corrected chi connectivity index (χ3v) is 4.11. The van der Waals surface area contributed by atoms with Crippen molar-refractivity contribution < 1.29 is 14.3 Å². The summed E-state index contributed by atoms with van der Waals surface area (Å²) in [5.41, 5.74) is 1.79. The Hall–Kier alpha value is -2.93. The lowest BCUT2D eigenvalue weighted by Gasteiger charge is -2.07. The smallest absolute Gasteiger partial charge is 0.325 e. The second kappa shape index (κ2) is 7.56. The predicted molar refractivity (Wildman–Crippen MR) is 90.0 cm³/mol. The van der Waals surface area contributed by atoms with E-state index in [1.54, 1.807) is 28.4 Å². The van der Waals surface area contributed by atoms with Gasteiger partial charge in [-0.3, -0.25) is 9.59 Å². The highest BCUT2D eigenvalue weighted by Crippen LogP contribution is 2.10. The number of rotatable bonds is 6. The topological polar surface area (TPSA) is 73.2 Å². The number of hydrogen-bond acceptors (Lipinski definition) is 5. The van der Waals surface area contributed by atoms with Gasteiger partial charge in [0, 0.05) is 12.4 Å². The van der Waals surface area contributed by atoms with Gasteiger partial charge in [-0.05, 0) is 35.2 Å². The average Bonchev–Trinajstić information content (AvgIpc) is 3.31. The Bertz CT molecular complexity index is 796. The maximum atomic E-state index is 11.7. The molecule has 24 heavy (non-hydrogen) atoms. The maximum absolute atomic E-state index is 11.7. The van der Waals surface area contributed by atoms with Gasteiger partial charge in [0.25, 0.3) is 5.91 Å². The molecule has 3 aromatic rings. The highest BCUT2D eigenvalue weighted by molar-refractivity contribution is 7.12. The minimum Gasteiger partial charge on any atom is -0.460 e. The molecule has 0 aliphatic carbocycles. The molecular formula is C17H15N3O3S. The Morgan fingerprint density at radius 2 is 2.00 bits per heavy atom. The molecule has 0 radical (unpaired) electrons. The van der Waals surface area contributed by atoms with Crippen LogP contribution in [-0.2, 0) is 16.1 Å². The van der Waals surface area contributed by atoms with Crippen LogP contribution in [0, 0.1) is 0 Å². The quantitative estimate of drug-likeness (QED) is 0.699. The van der Waals surface area contributed by atoms with Crippen LogP contribution in [0.3, 0.4) is 0 Å². The standard InChI is InChI=1S/C17H15N3O3S/c21-16(11-18-17(22)15-3-1-10-24-15)23-12-13-4-6-14(7-5-13)20-9-2-8-19-20/h1-10H,11-12H2,(H,18,22). The first-order chi connectivity index (χ1) is 11.7. The molecule has 0 unspecified atom stereocenters. The van der Waals surface area contributed by atoms with Crippen LogP contribution in [0.15, 0.2) is 60.2 Å². The second-order valence-corrected chi connectivity index (χ2v) is 5.89. The van der Waals surface area contributed by atoms with Crippen LogP contribution < -0.4 is 5.32 Å². The molecule has 0 fully saturated rings. The third kappa shape index (κ3) is 4.08. The van der Waals surface area contributed by atoms with Crippen molar-refractivity contribution in [1.29, 1.82) is 0 Å². The monoisotopic (exact) mass is 341 g/mol. The number of carbonyl (C=O) groups excluding carboxylic acids is 2. The number of thiophene rings is 1.